The summed E-state index contributed by atoms with van der Waals surface area (Å²) in [6.45, 7) is 3.77. The van der Waals surface area contributed by atoms with E-state index in [2.05, 4.69) is 15.6 Å². The van der Waals surface area contributed by atoms with Crippen LogP contribution in [0.1, 0.15) is 30.1 Å². The monoisotopic (exact) mass is 621 g/mol. The van der Waals surface area contributed by atoms with Gasteiger partial charge in [-0.05, 0) is 60.9 Å². The molecule has 5 N–H and O–H groups in total. The third-order valence-electron chi connectivity index (χ3n) is 7.71. The molecule has 2 amide bonds. The Morgan fingerprint density at radius 1 is 1.07 bits per heavy atom. The molecule has 9 nitrogen and oxygen atoms in total. The molecular formula is C32H33Cl2N5O4. The highest BCUT2D eigenvalue weighted by Gasteiger charge is 2.38. The molecule has 0 atom stereocenters. The molecule has 0 unspecified atom stereocenters. The van der Waals surface area contributed by atoms with Crippen molar-refractivity contribution in [3.05, 3.63) is 99.3 Å². The minimum Gasteiger partial charge on any atom is -0.396 e. The number of carbonyl (C=O) groups excluding carboxylic acids is 2. The van der Waals surface area contributed by atoms with Crippen LogP contribution in [0.15, 0.2) is 83.7 Å². The maximum absolute atomic E-state index is 13.8. The summed E-state index contributed by atoms with van der Waals surface area (Å²) in [7, 11) is 0. The number of hydrogen-bond donors (Lipinski definition) is 4. The molecule has 1 aromatic heterocycles. The van der Waals surface area contributed by atoms with Crippen LogP contribution in [-0.4, -0.2) is 54.8 Å². The Balaban J connectivity index is 1.47. The number of amides is 2. The van der Waals surface area contributed by atoms with Gasteiger partial charge in [0.15, 0.2) is 0 Å². The van der Waals surface area contributed by atoms with Gasteiger partial charge in [0.1, 0.15) is 11.6 Å². The van der Waals surface area contributed by atoms with E-state index in [1.165, 1.54) is 6.07 Å². The lowest BCUT2D eigenvalue weighted by atomic mass is 9.82. The van der Waals surface area contributed by atoms with Gasteiger partial charge in [-0.15, -0.1) is 0 Å². The molecule has 11 heteroatoms. The van der Waals surface area contributed by atoms with Gasteiger partial charge in [0, 0.05) is 41.9 Å². The average molecular weight is 623 g/mol. The number of carbonyl (C=O) groups is 2. The SMILES string of the molecule is CCC1=C(C(=O)NCC2(CCO)COC2)C=C(NC(=O)c2cc(-c3cccc(N)n3)c(Cl)cc2Cl)N(c2ccccc2)C1. The number of pyridine rings is 1. The second-order valence-electron chi connectivity index (χ2n) is 10.7. The third kappa shape index (κ3) is 6.70. The quantitative estimate of drug-likeness (QED) is 0.252. The highest BCUT2D eigenvalue weighted by molar-refractivity contribution is 6.38. The standard InChI is InChI=1S/C32H33Cl2N5O4/c1-2-20-16-39(21-7-4-3-5-8-21)29(14-22(20)30(41)36-17-32(11-12-40)18-43-19-32)38-31(42)24-13-23(25(33)15-26(24)34)27-9-6-10-28(35)37-27/h3-10,13-15,40H,2,11-12,16-19H2,1H3,(H2,35,37)(H,36,41)(H,38,42). The summed E-state index contributed by atoms with van der Waals surface area (Å²) in [5.74, 6) is 0.00867. The summed E-state index contributed by atoms with van der Waals surface area (Å²) in [5.41, 5.74) is 9.04. The summed E-state index contributed by atoms with van der Waals surface area (Å²) in [6, 6.07) is 17.9. The molecule has 0 bridgehead atoms. The molecule has 1 fully saturated rings. The number of anilines is 2. The van der Waals surface area contributed by atoms with Crippen molar-refractivity contribution in [1.82, 2.24) is 15.6 Å². The number of ether oxygens (including phenoxy) is 1. The van der Waals surface area contributed by atoms with Crippen molar-refractivity contribution < 1.29 is 19.4 Å². The zero-order chi connectivity index (χ0) is 30.6. The van der Waals surface area contributed by atoms with Crippen LogP contribution in [0.25, 0.3) is 11.3 Å². The first kappa shape index (κ1) is 30.6. The molecule has 5 rings (SSSR count). The summed E-state index contributed by atoms with van der Waals surface area (Å²) < 4.78 is 5.37. The summed E-state index contributed by atoms with van der Waals surface area (Å²) >= 11 is 13.0. The van der Waals surface area contributed by atoms with E-state index in [-0.39, 0.29) is 28.5 Å². The number of aromatic nitrogens is 1. The molecule has 1 saturated heterocycles. The molecule has 3 aromatic rings. The zero-order valence-electron chi connectivity index (χ0n) is 23.7. The first-order chi connectivity index (χ1) is 20.7. The molecule has 0 aliphatic carbocycles. The van der Waals surface area contributed by atoms with Crippen LogP contribution in [0.5, 0.6) is 0 Å². The first-order valence-electron chi connectivity index (χ1n) is 14.0. The predicted octanol–water partition coefficient (Wildman–Crippen LogP) is 4.95. The highest BCUT2D eigenvalue weighted by Crippen LogP contribution is 2.34. The lowest BCUT2D eigenvalue weighted by Gasteiger charge is -2.41. The number of halogens is 2. The van der Waals surface area contributed by atoms with Gasteiger partial charge in [-0.25, -0.2) is 4.98 Å². The number of aliphatic hydroxyl groups is 1. The first-order valence-corrected chi connectivity index (χ1v) is 14.8. The fraction of sp³-hybridized carbons (Fsp3) is 0.281. The van der Waals surface area contributed by atoms with E-state index in [0.717, 1.165) is 11.3 Å². The maximum Gasteiger partial charge on any atom is 0.258 e. The predicted molar refractivity (Wildman–Crippen MR) is 169 cm³/mol. The molecule has 43 heavy (non-hydrogen) atoms. The van der Waals surface area contributed by atoms with Gasteiger partial charge in [-0.3, -0.25) is 9.59 Å². The largest absolute Gasteiger partial charge is 0.396 e. The average Bonchev–Trinajstić information content (AvgIpc) is 2.98. The molecule has 2 aliphatic heterocycles. The molecule has 0 saturated carbocycles. The minimum absolute atomic E-state index is 0.0208. The van der Waals surface area contributed by atoms with Crippen molar-refractivity contribution >= 4 is 46.5 Å². The highest BCUT2D eigenvalue weighted by atomic mass is 35.5. The Hall–Kier alpha value is -3.89. The molecule has 2 aromatic carbocycles. The van der Waals surface area contributed by atoms with E-state index in [4.69, 9.17) is 33.7 Å². The van der Waals surface area contributed by atoms with Crippen molar-refractivity contribution in [1.29, 1.82) is 0 Å². The Morgan fingerprint density at radius 2 is 1.84 bits per heavy atom. The van der Waals surface area contributed by atoms with Crippen LogP contribution in [0.3, 0.4) is 0 Å². The van der Waals surface area contributed by atoms with E-state index in [9.17, 15) is 14.7 Å². The molecule has 2 aliphatic rings. The lowest BCUT2D eigenvalue weighted by molar-refractivity contribution is -0.130. The summed E-state index contributed by atoms with van der Waals surface area (Å²) in [4.78, 5) is 33.6. The normalized spacial score (nSPS) is 15.9. The number of nitrogens with zero attached hydrogens (tertiary/aromatic N) is 2. The van der Waals surface area contributed by atoms with E-state index < -0.39 is 5.91 Å². The number of hydrogen-bond acceptors (Lipinski definition) is 7. The van der Waals surface area contributed by atoms with Crippen molar-refractivity contribution in [2.75, 3.05) is 43.5 Å². The van der Waals surface area contributed by atoms with Crippen LogP contribution in [0, 0.1) is 5.41 Å². The van der Waals surface area contributed by atoms with Crippen molar-refractivity contribution in [2.45, 2.75) is 19.8 Å². The summed E-state index contributed by atoms with van der Waals surface area (Å²) in [6.07, 6.45) is 2.87. The second kappa shape index (κ2) is 13.2. The fourth-order valence-corrected chi connectivity index (χ4v) is 5.74. The smallest absolute Gasteiger partial charge is 0.258 e. The van der Waals surface area contributed by atoms with Gasteiger partial charge >= 0.3 is 0 Å². The molecular weight excluding hydrogens is 589 g/mol. The maximum atomic E-state index is 13.8. The van der Waals surface area contributed by atoms with E-state index in [0.29, 0.717) is 72.6 Å². The van der Waals surface area contributed by atoms with Crippen molar-refractivity contribution in [2.24, 2.45) is 5.41 Å². The van der Waals surface area contributed by atoms with Gasteiger partial charge in [-0.1, -0.05) is 54.4 Å². The number of nitrogen functional groups attached to an aromatic ring is 1. The number of aliphatic hydroxyl groups excluding tert-OH is 1. The molecule has 224 valence electrons. The van der Waals surface area contributed by atoms with Gasteiger partial charge < -0.3 is 31.1 Å². The Kier molecular flexibility index (Phi) is 9.37. The fourth-order valence-electron chi connectivity index (χ4n) is 5.18. The molecule has 3 heterocycles. The van der Waals surface area contributed by atoms with Gasteiger partial charge in [0.2, 0.25) is 0 Å². The van der Waals surface area contributed by atoms with Gasteiger partial charge in [0.25, 0.3) is 11.8 Å². The minimum atomic E-state index is -0.479. The van der Waals surface area contributed by atoms with Crippen LogP contribution < -0.4 is 21.3 Å². The lowest BCUT2D eigenvalue weighted by Crippen LogP contribution is -2.51. The second-order valence-corrected chi connectivity index (χ2v) is 11.5. The zero-order valence-corrected chi connectivity index (χ0v) is 25.2. The number of rotatable bonds is 10. The number of para-hydroxylation sites is 1. The van der Waals surface area contributed by atoms with E-state index >= 15 is 0 Å². The Labute approximate surface area is 260 Å². The van der Waals surface area contributed by atoms with Gasteiger partial charge in [0.05, 0.1) is 34.5 Å². The number of benzene rings is 2. The van der Waals surface area contributed by atoms with Gasteiger partial charge in [-0.2, -0.15) is 0 Å². The van der Waals surface area contributed by atoms with Crippen LogP contribution in [0.2, 0.25) is 10.0 Å². The van der Waals surface area contributed by atoms with E-state index in [1.54, 1.807) is 30.3 Å². The number of nitrogens with two attached hydrogens (primary N) is 1. The number of nitrogens with one attached hydrogen (secondary N) is 2. The molecule has 0 radical (unpaired) electrons. The Morgan fingerprint density at radius 3 is 2.49 bits per heavy atom. The van der Waals surface area contributed by atoms with E-state index in [1.807, 2.05) is 42.2 Å². The van der Waals surface area contributed by atoms with Crippen LogP contribution >= 0.6 is 23.2 Å². The topological polar surface area (TPSA) is 130 Å². The Bertz CT molecular complexity index is 1590. The van der Waals surface area contributed by atoms with Crippen LogP contribution in [0.4, 0.5) is 11.5 Å². The van der Waals surface area contributed by atoms with Crippen molar-refractivity contribution in [3.63, 3.8) is 0 Å². The third-order valence-corrected chi connectivity index (χ3v) is 8.34. The molecule has 0 spiro atoms. The summed E-state index contributed by atoms with van der Waals surface area (Å²) in [5, 5.41) is 16.0. The van der Waals surface area contributed by atoms with Crippen LogP contribution in [-0.2, 0) is 9.53 Å². The van der Waals surface area contributed by atoms with Crippen molar-refractivity contribution in [3.8, 4) is 11.3 Å².